The lowest BCUT2D eigenvalue weighted by atomic mass is 10.0. The smallest absolute Gasteiger partial charge is 0.220 e. The van der Waals surface area contributed by atoms with Gasteiger partial charge in [-0.05, 0) is 38.5 Å². The van der Waals surface area contributed by atoms with Crippen molar-refractivity contribution in [3.05, 3.63) is 12.2 Å². The van der Waals surface area contributed by atoms with Crippen molar-refractivity contribution in [3.63, 3.8) is 0 Å². The summed E-state index contributed by atoms with van der Waals surface area (Å²) in [4.78, 5) is 11.8. The van der Waals surface area contributed by atoms with E-state index in [1.54, 1.807) is 0 Å². The Hall–Kier alpha value is -0.830. The quantitative estimate of drug-likeness (QED) is 0.741. The lowest BCUT2D eigenvalue weighted by molar-refractivity contribution is -0.123. The van der Waals surface area contributed by atoms with Gasteiger partial charge in [0.25, 0.3) is 0 Å². The number of hydrogen-bond acceptors (Lipinski definition) is 2. The third kappa shape index (κ3) is 3.08. The summed E-state index contributed by atoms with van der Waals surface area (Å²) in [6.45, 7) is 2.88. The lowest BCUT2D eigenvalue weighted by Crippen LogP contribution is -2.41. The second-order valence-electron chi connectivity index (χ2n) is 4.88. The molecule has 1 aliphatic heterocycles. The summed E-state index contributed by atoms with van der Waals surface area (Å²) in [7, 11) is 0. The van der Waals surface area contributed by atoms with Crippen molar-refractivity contribution < 1.29 is 9.53 Å². The molecule has 1 aliphatic carbocycles. The zero-order chi connectivity index (χ0) is 11.4. The molecular formula is C13H21NO2. The van der Waals surface area contributed by atoms with Crippen LogP contribution in [0.2, 0.25) is 0 Å². The van der Waals surface area contributed by atoms with Gasteiger partial charge in [-0.2, -0.15) is 0 Å². The Morgan fingerprint density at radius 1 is 1.56 bits per heavy atom. The highest BCUT2D eigenvalue weighted by Gasteiger charge is 2.24. The van der Waals surface area contributed by atoms with Crippen molar-refractivity contribution in [2.45, 2.75) is 51.2 Å². The van der Waals surface area contributed by atoms with Gasteiger partial charge in [-0.1, -0.05) is 12.2 Å². The Morgan fingerprint density at radius 3 is 3.06 bits per heavy atom. The number of carbonyl (C=O) groups excluding carboxylic acids is 1. The minimum absolute atomic E-state index is 0.153. The van der Waals surface area contributed by atoms with Crippen LogP contribution in [0.5, 0.6) is 0 Å². The summed E-state index contributed by atoms with van der Waals surface area (Å²) in [6, 6.07) is 0.153. The van der Waals surface area contributed by atoms with Crippen molar-refractivity contribution >= 4 is 5.91 Å². The van der Waals surface area contributed by atoms with E-state index in [9.17, 15) is 4.79 Å². The van der Waals surface area contributed by atoms with Crippen LogP contribution < -0.4 is 5.32 Å². The SMILES string of the molecule is CC(NC(=O)CC1C=CCC1)C1CCCO1. The maximum absolute atomic E-state index is 11.8. The fraction of sp³-hybridized carbons (Fsp3) is 0.769. The van der Waals surface area contributed by atoms with Gasteiger partial charge in [0.1, 0.15) is 0 Å². The predicted octanol–water partition coefficient (Wildman–Crippen LogP) is 2.03. The first-order valence-corrected chi connectivity index (χ1v) is 6.33. The minimum atomic E-state index is 0.153. The first kappa shape index (κ1) is 11.6. The van der Waals surface area contributed by atoms with Gasteiger partial charge in [0.05, 0.1) is 12.1 Å². The van der Waals surface area contributed by atoms with Crippen LogP contribution in [0.15, 0.2) is 12.2 Å². The third-order valence-corrected chi connectivity index (χ3v) is 3.47. The number of ether oxygens (including phenoxy) is 1. The van der Waals surface area contributed by atoms with Crippen LogP contribution >= 0.6 is 0 Å². The topological polar surface area (TPSA) is 38.3 Å². The van der Waals surface area contributed by atoms with Crippen molar-refractivity contribution in [1.82, 2.24) is 5.32 Å². The standard InChI is InChI=1S/C13H21NO2/c1-10(12-7-4-8-16-12)14-13(15)9-11-5-2-3-6-11/h2,5,10-12H,3-4,6-9H2,1H3,(H,14,15). The number of hydrogen-bond donors (Lipinski definition) is 1. The van der Waals surface area contributed by atoms with Crippen molar-refractivity contribution in [1.29, 1.82) is 0 Å². The highest BCUT2D eigenvalue weighted by atomic mass is 16.5. The zero-order valence-electron chi connectivity index (χ0n) is 9.95. The van der Waals surface area contributed by atoms with Gasteiger partial charge in [-0.3, -0.25) is 4.79 Å². The number of nitrogens with one attached hydrogen (secondary N) is 1. The monoisotopic (exact) mass is 223 g/mol. The average molecular weight is 223 g/mol. The fourth-order valence-corrected chi connectivity index (χ4v) is 2.51. The van der Waals surface area contributed by atoms with Gasteiger partial charge >= 0.3 is 0 Å². The van der Waals surface area contributed by atoms with E-state index in [-0.39, 0.29) is 18.1 Å². The molecule has 0 aromatic rings. The van der Waals surface area contributed by atoms with Crippen molar-refractivity contribution in [2.75, 3.05) is 6.61 Å². The molecule has 1 N–H and O–H groups in total. The Morgan fingerprint density at radius 2 is 2.44 bits per heavy atom. The predicted molar refractivity (Wildman–Crippen MR) is 63.1 cm³/mol. The number of allylic oxidation sites excluding steroid dienone is 2. The summed E-state index contributed by atoms with van der Waals surface area (Å²) in [5.41, 5.74) is 0. The number of amides is 1. The molecule has 0 spiro atoms. The van der Waals surface area contributed by atoms with E-state index in [0.29, 0.717) is 12.3 Å². The van der Waals surface area contributed by atoms with Crippen molar-refractivity contribution in [2.24, 2.45) is 5.92 Å². The second-order valence-corrected chi connectivity index (χ2v) is 4.88. The van der Waals surface area contributed by atoms with Gasteiger partial charge < -0.3 is 10.1 Å². The summed E-state index contributed by atoms with van der Waals surface area (Å²) in [5, 5.41) is 3.05. The third-order valence-electron chi connectivity index (χ3n) is 3.47. The van der Waals surface area contributed by atoms with Gasteiger partial charge in [-0.25, -0.2) is 0 Å². The largest absolute Gasteiger partial charge is 0.376 e. The van der Waals surface area contributed by atoms with Crippen molar-refractivity contribution in [3.8, 4) is 0 Å². The van der Waals surface area contributed by atoms with Crippen LogP contribution in [0.25, 0.3) is 0 Å². The fourth-order valence-electron chi connectivity index (χ4n) is 2.51. The summed E-state index contributed by atoms with van der Waals surface area (Å²) in [5.74, 6) is 0.622. The number of carbonyl (C=O) groups is 1. The summed E-state index contributed by atoms with van der Waals surface area (Å²) < 4.78 is 5.56. The van der Waals surface area contributed by atoms with Gasteiger partial charge in [0, 0.05) is 13.0 Å². The normalized spacial score (nSPS) is 30.6. The van der Waals surface area contributed by atoms with Crippen LogP contribution in [0.4, 0.5) is 0 Å². The first-order valence-electron chi connectivity index (χ1n) is 6.33. The van der Waals surface area contributed by atoms with E-state index < -0.39 is 0 Å². The maximum atomic E-state index is 11.8. The molecule has 2 rings (SSSR count). The molecule has 0 radical (unpaired) electrons. The van der Waals surface area contributed by atoms with Gasteiger partial charge in [0.15, 0.2) is 0 Å². The van der Waals surface area contributed by atoms with Crippen LogP contribution in [-0.4, -0.2) is 24.7 Å². The van der Waals surface area contributed by atoms with E-state index in [2.05, 4.69) is 17.5 Å². The average Bonchev–Trinajstić information content (AvgIpc) is 2.88. The molecule has 1 fully saturated rings. The molecule has 1 heterocycles. The summed E-state index contributed by atoms with van der Waals surface area (Å²) in [6.07, 6.45) is 9.64. The van der Waals surface area contributed by atoms with E-state index in [4.69, 9.17) is 4.74 Å². The molecule has 1 amide bonds. The molecule has 0 aromatic carbocycles. The first-order chi connectivity index (χ1) is 7.75. The zero-order valence-corrected chi connectivity index (χ0v) is 9.95. The molecule has 3 nitrogen and oxygen atoms in total. The lowest BCUT2D eigenvalue weighted by Gasteiger charge is -2.20. The molecule has 3 heteroatoms. The Bertz CT molecular complexity index is 269. The van der Waals surface area contributed by atoms with Crippen LogP contribution in [0.3, 0.4) is 0 Å². The highest BCUT2D eigenvalue weighted by Crippen LogP contribution is 2.20. The number of rotatable bonds is 4. The molecule has 90 valence electrons. The highest BCUT2D eigenvalue weighted by molar-refractivity contribution is 5.76. The van der Waals surface area contributed by atoms with E-state index >= 15 is 0 Å². The van der Waals surface area contributed by atoms with Crippen LogP contribution in [-0.2, 0) is 9.53 Å². The van der Waals surface area contributed by atoms with Gasteiger partial charge in [0.2, 0.25) is 5.91 Å². The summed E-state index contributed by atoms with van der Waals surface area (Å²) >= 11 is 0. The maximum Gasteiger partial charge on any atom is 0.220 e. The molecule has 0 aromatic heterocycles. The van der Waals surface area contributed by atoms with Gasteiger partial charge in [-0.15, -0.1) is 0 Å². The molecular weight excluding hydrogens is 202 g/mol. The van der Waals surface area contributed by atoms with E-state index in [1.807, 2.05) is 6.92 Å². The molecule has 0 bridgehead atoms. The minimum Gasteiger partial charge on any atom is -0.376 e. The Labute approximate surface area is 97.2 Å². The molecule has 3 unspecified atom stereocenters. The molecule has 3 atom stereocenters. The van der Waals surface area contributed by atoms with Crippen LogP contribution in [0, 0.1) is 5.92 Å². The van der Waals surface area contributed by atoms with E-state index in [0.717, 1.165) is 32.3 Å². The molecule has 1 saturated heterocycles. The second kappa shape index (κ2) is 5.48. The molecule has 0 saturated carbocycles. The van der Waals surface area contributed by atoms with E-state index in [1.165, 1.54) is 0 Å². The molecule has 2 aliphatic rings. The Balaban J connectivity index is 1.71. The molecule has 16 heavy (non-hydrogen) atoms. The Kier molecular flexibility index (Phi) is 3.99. The van der Waals surface area contributed by atoms with Crippen LogP contribution in [0.1, 0.15) is 39.0 Å².